The van der Waals surface area contributed by atoms with E-state index in [0.717, 1.165) is 22.0 Å². The molecule has 0 aromatic heterocycles. The number of carboxylic acids is 1. The summed E-state index contributed by atoms with van der Waals surface area (Å²) >= 11 is 3.32. The van der Waals surface area contributed by atoms with Crippen LogP contribution < -0.4 is 0 Å². The molecular weight excluding hydrogens is 232 g/mol. The highest BCUT2D eigenvalue weighted by Gasteiger charge is 2.05. The number of halogens is 1. The van der Waals surface area contributed by atoms with Crippen molar-refractivity contribution in [1.82, 2.24) is 0 Å². The molecule has 0 heterocycles. The van der Waals surface area contributed by atoms with Gasteiger partial charge in [0, 0.05) is 4.47 Å². The molecule has 2 nitrogen and oxygen atoms in total. The molecule has 0 aliphatic rings. The third-order valence-electron chi connectivity index (χ3n) is 1.89. The van der Waals surface area contributed by atoms with Gasteiger partial charge in [-0.3, -0.25) is 4.79 Å². The highest BCUT2D eigenvalue weighted by Crippen LogP contribution is 2.17. The van der Waals surface area contributed by atoms with E-state index in [0.29, 0.717) is 0 Å². The van der Waals surface area contributed by atoms with Crippen molar-refractivity contribution in [3.8, 4) is 0 Å². The van der Waals surface area contributed by atoms with Crippen molar-refractivity contribution in [1.29, 1.82) is 0 Å². The van der Waals surface area contributed by atoms with Crippen LogP contribution in [0, 0.1) is 0 Å². The molecule has 1 rings (SSSR count). The molecule has 0 fully saturated rings. The maximum atomic E-state index is 10.5. The van der Waals surface area contributed by atoms with Gasteiger partial charge in [0.05, 0.1) is 6.42 Å². The van der Waals surface area contributed by atoms with Crippen LogP contribution in [0.25, 0.3) is 0 Å². The molecule has 0 saturated heterocycles. The summed E-state index contributed by atoms with van der Waals surface area (Å²) in [5, 5.41) is 8.66. The van der Waals surface area contributed by atoms with Gasteiger partial charge in [-0.15, -0.1) is 0 Å². The molecule has 0 aliphatic heterocycles. The average Bonchev–Trinajstić information content (AvgIpc) is 2.03. The number of rotatable bonds is 3. The number of carboxylic acid groups (broad SMARTS) is 1. The average molecular weight is 243 g/mol. The Morgan fingerprint density at radius 1 is 1.46 bits per heavy atom. The van der Waals surface area contributed by atoms with E-state index in [1.165, 1.54) is 0 Å². The predicted octanol–water partition coefficient (Wildman–Crippen LogP) is 2.64. The molecule has 0 radical (unpaired) electrons. The summed E-state index contributed by atoms with van der Waals surface area (Å²) in [6.45, 7) is 2.02. The number of hydrogen-bond acceptors (Lipinski definition) is 1. The van der Waals surface area contributed by atoms with Crippen LogP contribution in [0.15, 0.2) is 22.7 Å². The Morgan fingerprint density at radius 3 is 2.69 bits per heavy atom. The summed E-state index contributed by atoms with van der Waals surface area (Å²) in [4.78, 5) is 10.5. The lowest BCUT2D eigenvalue weighted by Gasteiger charge is -2.05. The summed E-state index contributed by atoms with van der Waals surface area (Å²) in [5.41, 5.74) is 2.00. The van der Waals surface area contributed by atoms with E-state index in [1.807, 2.05) is 25.1 Å². The normalized spacial score (nSPS) is 10.0. The van der Waals surface area contributed by atoms with Crippen molar-refractivity contribution < 1.29 is 9.90 Å². The summed E-state index contributed by atoms with van der Waals surface area (Å²) < 4.78 is 0.931. The fraction of sp³-hybridized carbons (Fsp3) is 0.300. The van der Waals surface area contributed by atoms with Crippen molar-refractivity contribution in [2.75, 3.05) is 0 Å². The van der Waals surface area contributed by atoms with Crippen molar-refractivity contribution in [3.63, 3.8) is 0 Å². The molecule has 0 spiro atoms. The first-order valence-corrected chi connectivity index (χ1v) is 4.92. The number of hydrogen-bond donors (Lipinski definition) is 1. The predicted molar refractivity (Wildman–Crippen MR) is 54.9 cm³/mol. The highest BCUT2D eigenvalue weighted by molar-refractivity contribution is 9.10. The first-order valence-electron chi connectivity index (χ1n) is 4.12. The van der Waals surface area contributed by atoms with E-state index in [1.54, 1.807) is 0 Å². The second-order valence-corrected chi connectivity index (χ2v) is 3.75. The number of benzene rings is 1. The van der Waals surface area contributed by atoms with Crippen LogP contribution in [0.3, 0.4) is 0 Å². The Balaban J connectivity index is 3.01. The van der Waals surface area contributed by atoms with Crippen LogP contribution in [0.4, 0.5) is 0 Å². The Labute approximate surface area is 85.7 Å². The van der Waals surface area contributed by atoms with Gasteiger partial charge >= 0.3 is 5.97 Å². The van der Waals surface area contributed by atoms with Gasteiger partial charge < -0.3 is 5.11 Å². The minimum atomic E-state index is -0.784. The molecule has 1 aromatic carbocycles. The maximum absolute atomic E-state index is 10.5. The molecule has 0 aliphatic carbocycles. The summed E-state index contributed by atoms with van der Waals surface area (Å²) in [7, 11) is 0. The lowest BCUT2D eigenvalue weighted by molar-refractivity contribution is -0.136. The lowest BCUT2D eigenvalue weighted by Crippen LogP contribution is -2.03. The quantitative estimate of drug-likeness (QED) is 0.885. The smallest absolute Gasteiger partial charge is 0.307 e. The van der Waals surface area contributed by atoms with E-state index in [9.17, 15) is 4.79 Å². The van der Waals surface area contributed by atoms with Gasteiger partial charge in [-0.1, -0.05) is 28.9 Å². The Morgan fingerprint density at radius 2 is 2.15 bits per heavy atom. The fourth-order valence-corrected chi connectivity index (χ4v) is 1.68. The monoisotopic (exact) mass is 242 g/mol. The molecule has 70 valence electrons. The van der Waals surface area contributed by atoms with Gasteiger partial charge in [0.25, 0.3) is 0 Å². The minimum absolute atomic E-state index is 0.0998. The molecule has 0 bridgehead atoms. The van der Waals surface area contributed by atoms with Crippen LogP contribution in [0.1, 0.15) is 18.1 Å². The summed E-state index contributed by atoms with van der Waals surface area (Å²) in [5.74, 6) is -0.784. The van der Waals surface area contributed by atoms with Crippen LogP contribution in [-0.2, 0) is 17.6 Å². The number of aliphatic carboxylic acids is 1. The fourth-order valence-electron chi connectivity index (χ4n) is 1.27. The lowest BCUT2D eigenvalue weighted by atomic mass is 10.0. The minimum Gasteiger partial charge on any atom is -0.481 e. The van der Waals surface area contributed by atoms with Crippen molar-refractivity contribution in [2.24, 2.45) is 0 Å². The van der Waals surface area contributed by atoms with Gasteiger partial charge in [0.2, 0.25) is 0 Å². The molecule has 1 aromatic rings. The van der Waals surface area contributed by atoms with E-state index in [4.69, 9.17) is 5.11 Å². The molecule has 0 saturated carbocycles. The molecule has 0 unspecified atom stereocenters. The Kier molecular flexibility index (Phi) is 3.48. The number of aryl methyl sites for hydroxylation is 1. The second kappa shape index (κ2) is 4.42. The molecule has 0 atom stereocenters. The van der Waals surface area contributed by atoms with Gasteiger partial charge in [-0.25, -0.2) is 0 Å². The summed E-state index contributed by atoms with van der Waals surface area (Å²) in [6, 6.07) is 5.76. The van der Waals surface area contributed by atoms with Crippen LogP contribution in [0.2, 0.25) is 0 Å². The maximum Gasteiger partial charge on any atom is 0.307 e. The van der Waals surface area contributed by atoms with Crippen LogP contribution in [0.5, 0.6) is 0 Å². The first kappa shape index (κ1) is 10.3. The zero-order valence-corrected chi connectivity index (χ0v) is 8.97. The van der Waals surface area contributed by atoms with E-state index in [-0.39, 0.29) is 6.42 Å². The molecule has 0 amide bonds. The molecule has 3 heteroatoms. The van der Waals surface area contributed by atoms with Gasteiger partial charge in [-0.2, -0.15) is 0 Å². The second-order valence-electron chi connectivity index (χ2n) is 2.84. The zero-order valence-electron chi connectivity index (χ0n) is 7.38. The summed E-state index contributed by atoms with van der Waals surface area (Å²) in [6.07, 6.45) is 0.971. The zero-order chi connectivity index (χ0) is 9.84. The number of carbonyl (C=O) groups is 1. The largest absolute Gasteiger partial charge is 0.481 e. The van der Waals surface area contributed by atoms with Crippen molar-refractivity contribution in [2.45, 2.75) is 19.8 Å². The van der Waals surface area contributed by atoms with Crippen molar-refractivity contribution >= 4 is 21.9 Å². The third kappa shape index (κ3) is 2.84. The van der Waals surface area contributed by atoms with E-state index >= 15 is 0 Å². The van der Waals surface area contributed by atoms with Gasteiger partial charge in [0.15, 0.2) is 0 Å². The first-order chi connectivity index (χ1) is 6.13. The van der Waals surface area contributed by atoms with Crippen LogP contribution in [-0.4, -0.2) is 11.1 Å². The van der Waals surface area contributed by atoms with Gasteiger partial charge in [0.1, 0.15) is 0 Å². The van der Waals surface area contributed by atoms with E-state index in [2.05, 4.69) is 15.9 Å². The van der Waals surface area contributed by atoms with E-state index < -0.39 is 5.97 Å². The molecular formula is C10H11BrO2. The Bertz CT molecular complexity index is 321. The van der Waals surface area contributed by atoms with Gasteiger partial charge in [-0.05, 0) is 29.7 Å². The van der Waals surface area contributed by atoms with Crippen molar-refractivity contribution in [3.05, 3.63) is 33.8 Å². The Hall–Kier alpha value is -0.830. The SMILES string of the molecule is CCc1ccc(Br)cc1CC(=O)O. The molecule has 1 N–H and O–H groups in total. The molecule has 13 heavy (non-hydrogen) atoms. The standard InChI is InChI=1S/C10H11BrO2/c1-2-7-3-4-9(11)5-8(7)6-10(12)13/h3-5H,2,6H2,1H3,(H,12,13). The highest BCUT2D eigenvalue weighted by atomic mass is 79.9. The topological polar surface area (TPSA) is 37.3 Å². The third-order valence-corrected chi connectivity index (χ3v) is 2.38. The van der Waals surface area contributed by atoms with Crippen LogP contribution >= 0.6 is 15.9 Å².